The van der Waals surface area contributed by atoms with E-state index in [-0.39, 0.29) is 17.3 Å². The van der Waals surface area contributed by atoms with Crippen LogP contribution in [0.5, 0.6) is 0 Å². The largest absolute Gasteiger partial charge is 0.493 e. The van der Waals surface area contributed by atoms with Crippen LogP contribution in [0, 0.1) is 23.2 Å². The molecule has 3 fully saturated rings. The fraction of sp³-hybridized carbons (Fsp3) is 0.600. The first-order chi connectivity index (χ1) is 13.6. The number of carbonyl (C=O) groups excluding carboxylic acids is 1. The Bertz CT molecular complexity index is 832. The maximum absolute atomic E-state index is 12.6. The molecular weight excluding hydrogens is 391 g/mol. The van der Waals surface area contributed by atoms with Crippen molar-refractivity contribution in [1.29, 1.82) is 0 Å². The average molecular weight is 413 g/mol. The maximum atomic E-state index is 12.6. The van der Waals surface area contributed by atoms with Crippen LogP contribution in [0.1, 0.15) is 12.8 Å². The molecule has 2 aliphatic heterocycles. The summed E-state index contributed by atoms with van der Waals surface area (Å²) in [6.07, 6.45) is 5.03. The van der Waals surface area contributed by atoms with Crippen molar-refractivity contribution >= 4 is 11.8 Å². The molecule has 0 aromatic carbocycles. The molecule has 2 heterocycles. The summed E-state index contributed by atoms with van der Waals surface area (Å²) in [4.78, 5) is 23.9. The van der Waals surface area contributed by atoms with E-state index in [1.165, 1.54) is 0 Å². The SMILES string of the molecule is COC1=C2O[C@H]3C(=O)C=C[C@H]4[C@H]5CC(C=C1)C2[C@@]34CCN5C.O=C(O)C(F)(F)F. The summed E-state index contributed by atoms with van der Waals surface area (Å²) in [5, 5.41) is 7.12. The number of carboxylic acid groups (broad SMARTS) is 1. The van der Waals surface area contributed by atoms with Gasteiger partial charge in [0.25, 0.3) is 0 Å². The molecule has 5 rings (SSSR count). The van der Waals surface area contributed by atoms with Crippen LogP contribution in [0.4, 0.5) is 13.2 Å². The standard InChI is InChI=1S/C18H21NO3.C2HF3O2/c1-19-8-7-18-11-4-5-13(20)17(18)22-16-14(21-2)6-3-10(15(16)18)9-12(11)19;3-2(4,5)1(6)7/h3-6,10-12,15,17H,7-9H2,1-2H3;(H,6,7)/t10?,11-,12+,15?,17-,18-;/m0./s1. The number of nitrogens with zero attached hydrogens (tertiary/aromatic N) is 1. The van der Waals surface area contributed by atoms with Gasteiger partial charge in [0.05, 0.1) is 7.11 Å². The van der Waals surface area contributed by atoms with Crippen LogP contribution in [-0.2, 0) is 19.1 Å². The van der Waals surface area contributed by atoms with E-state index in [1.807, 2.05) is 6.08 Å². The Morgan fingerprint density at radius 2 is 2.03 bits per heavy atom. The number of hydrogen-bond donors (Lipinski definition) is 1. The number of rotatable bonds is 1. The van der Waals surface area contributed by atoms with Gasteiger partial charge in [-0.25, -0.2) is 4.79 Å². The monoisotopic (exact) mass is 413 g/mol. The lowest BCUT2D eigenvalue weighted by molar-refractivity contribution is -0.192. The van der Waals surface area contributed by atoms with Gasteiger partial charge in [0.15, 0.2) is 17.6 Å². The third-order valence-electron chi connectivity index (χ3n) is 6.96. The van der Waals surface area contributed by atoms with Gasteiger partial charge in [0.2, 0.25) is 0 Å². The van der Waals surface area contributed by atoms with Gasteiger partial charge in [-0.05, 0) is 44.5 Å². The number of aliphatic carboxylic acids is 1. The van der Waals surface area contributed by atoms with Gasteiger partial charge < -0.3 is 19.5 Å². The molecule has 2 unspecified atom stereocenters. The van der Waals surface area contributed by atoms with E-state index in [2.05, 4.69) is 24.1 Å². The number of carbonyl (C=O) groups is 2. The number of allylic oxidation sites excluding steroid dienone is 3. The highest BCUT2D eigenvalue weighted by Gasteiger charge is 2.69. The quantitative estimate of drug-likeness (QED) is 0.712. The second kappa shape index (κ2) is 6.62. The lowest BCUT2D eigenvalue weighted by Crippen LogP contribution is -2.64. The van der Waals surface area contributed by atoms with Crippen LogP contribution >= 0.6 is 0 Å². The molecule has 1 N–H and O–H groups in total. The van der Waals surface area contributed by atoms with Crippen molar-refractivity contribution < 1.29 is 37.3 Å². The van der Waals surface area contributed by atoms with Crippen LogP contribution in [0.15, 0.2) is 35.8 Å². The van der Waals surface area contributed by atoms with Gasteiger partial charge in [-0.3, -0.25) is 4.79 Å². The molecule has 0 aromatic heterocycles. The first-order valence-electron chi connectivity index (χ1n) is 9.46. The van der Waals surface area contributed by atoms with Crippen molar-refractivity contribution in [2.45, 2.75) is 31.2 Å². The number of piperidine rings is 1. The van der Waals surface area contributed by atoms with Gasteiger partial charge in [-0.15, -0.1) is 0 Å². The summed E-state index contributed by atoms with van der Waals surface area (Å²) in [7, 11) is 3.91. The number of ketones is 1. The molecule has 6 nitrogen and oxygen atoms in total. The molecule has 1 spiro atoms. The molecule has 1 saturated carbocycles. The second-order valence-corrected chi connectivity index (χ2v) is 8.17. The molecular formula is C20H22F3NO5. The Kier molecular flexibility index (Phi) is 4.56. The number of methoxy groups -OCH3 is 1. The highest BCUT2D eigenvalue weighted by atomic mass is 19.4. The first kappa shape index (κ1) is 20.0. The fourth-order valence-corrected chi connectivity index (χ4v) is 5.83. The zero-order chi connectivity index (χ0) is 21.1. The zero-order valence-electron chi connectivity index (χ0n) is 16.0. The number of halogens is 3. The number of likely N-dealkylation sites (tertiary alicyclic amines) is 1. The molecule has 2 bridgehead atoms. The highest BCUT2D eigenvalue weighted by Crippen LogP contribution is 2.66. The van der Waals surface area contributed by atoms with E-state index in [4.69, 9.17) is 19.4 Å². The molecule has 6 atom stereocenters. The van der Waals surface area contributed by atoms with Gasteiger partial charge in [-0.2, -0.15) is 13.2 Å². The van der Waals surface area contributed by atoms with Crippen LogP contribution < -0.4 is 0 Å². The Morgan fingerprint density at radius 3 is 2.66 bits per heavy atom. The predicted molar refractivity (Wildman–Crippen MR) is 94.4 cm³/mol. The number of hydrogen-bond acceptors (Lipinski definition) is 5. The van der Waals surface area contributed by atoms with Crippen LogP contribution in [0.25, 0.3) is 0 Å². The van der Waals surface area contributed by atoms with Crippen LogP contribution in [0.3, 0.4) is 0 Å². The smallest absolute Gasteiger partial charge is 0.490 e. The summed E-state index contributed by atoms with van der Waals surface area (Å²) >= 11 is 0. The molecule has 3 aliphatic carbocycles. The van der Waals surface area contributed by atoms with Crippen molar-refractivity contribution in [2.75, 3.05) is 20.7 Å². The maximum Gasteiger partial charge on any atom is 0.490 e. The van der Waals surface area contributed by atoms with E-state index in [0.29, 0.717) is 23.8 Å². The van der Waals surface area contributed by atoms with E-state index in [1.54, 1.807) is 13.2 Å². The number of alkyl halides is 3. The summed E-state index contributed by atoms with van der Waals surface area (Å²) in [6, 6.07) is 0.513. The molecule has 0 aromatic rings. The molecule has 158 valence electrons. The third kappa shape index (κ3) is 2.81. The average Bonchev–Trinajstić information content (AvgIpc) is 3.01. The summed E-state index contributed by atoms with van der Waals surface area (Å²) in [5.74, 6) is 0.310. The minimum Gasteiger partial charge on any atom is -0.493 e. The van der Waals surface area contributed by atoms with E-state index >= 15 is 0 Å². The number of ether oxygens (including phenoxy) is 2. The topological polar surface area (TPSA) is 76.1 Å². The Balaban J connectivity index is 0.000000255. The normalized spacial score (nSPS) is 39.3. The Morgan fingerprint density at radius 1 is 1.34 bits per heavy atom. The highest BCUT2D eigenvalue weighted by molar-refractivity contribution is 5.96. The van der Waals surface area contributed by atoms with Crippen molar-refractivity contribution in [1.82, 2.24) is 4.90 Å². The Hall–Kier alpha value is -2.29. The van der Waals surface area contributed by atoms with Crippen LogP contribution in [0.2, 0.25) is 0 Å². The lowest BCUT2D eigenvalue weighted by atomic mass is 9.48. The number of carboxylic acids is 1. The van der Waals surface area contributed by atoms with Gasteiger partial charge in [0.1, 0.15) is 5.76 Å². The van der Waals surface area contributed by atoms with E-state index < -0.39 is 12.1 Å². The molecule has 0 amide bonds. The fourth-order valence-electron chi connectivity index (χ4n) is 5.83. The third-order valence-corrected chi connectivity index (χ3v) is 6.96. The van der Waals surface area contributed by atoms with Gasteiger partial charge >= 0.3 is 12.1 Å². The molecule has 29 heavy (non-hydrogen) atoms. The van der Waals surface area contributed by atoms with Crippen molar-refractivity contribution in [3.05, 3.63) is 35.8 Å². The van der Waals surface area contributed by atoms with Crippen molar-refractivity contribution in [3.8, 4) is 0 Å². The molecule has 0 radical (unpaired) electrons. The summed E-state index contributed by atoms with van der Waals surface area (Å²) in [5.41, 5.74) is -0.0597. The zero-order valence-corrected chi connectivity index (χ0v) is 16.0. The van der Waals surface area contributed by atoms with Crippen molar-refractivity contribution in [2.24, 2.45) is 23.2 Å². The lowest BCUT2D eigenvalue weighted by Gasteiger charge is -2.59. The minimum absolute atomic E-state index is 0.0597. The summed E-state index contributed by atoms with van der Waals surface area (Å²) in [6.45, 7) is 1.05. The Labute approximate surface area is 165 Å². The predicted octanol–water partition coefficient (Wildman–Crippen LogP) is 2.53. The minimum atomic E-state index is -5.08. The van der Waals surface area contributed by atoms with Crippen molar-refractivity contribution in [3.63, 3.8) is 0 Å². The van der Waals surface area contributed by atoms with E-state index in [9.17, 15) is 18.0 Å². The molecule has 9 heteroatoms. The van der Waals surface area contributed by atoms with Crippen LogP contribution in [-0.4, -0.2) is 60.8 Å². The molecule has 2 saturated heterocycles. The second-order valence-electron chi connectivity index (χ2n) is 8.17. The van der Waals surface area contributed by atoms with Gasteiger partial charge in [-0.1, -0.05) is 12.2 Å². The van der Waals surface area contributed by atoms with Gasteiger partial charge in [0, 0.05) is 23.3 Å². The molecule has 5 aliphatic rings. The van der Waals surface area contributed by atoms with E-state index in [0.717, 1.165) is 30.9 Å². The summed E-state index contributed by atoms with van der Waals surface area (Å²) < 4.78 is 43.5. The first-order valence-corrected chi connectivity index (χ1v) is 9.46.